The van der Waals surface area contributed by atoms with Crippen molar-refractivity contribution in [2.45, 2.75) is 38.6 Å². The zero-order valence-electron chi connectivity index (χ0n) is 13.3. The van der Waals surface area contributed by atoms with Crippen molar-refractivity contribution in [1.82, 2.24) is 4.90 Å². The van der Waals surface area contributed by atoms with Gasteiger partial charge in [-0.05, 0) is 65.7 Å². The second kappa shape index (κ2) is 7.97. The summed E-state index contributed by atoms with van der Waals surface area (Å²) in [4.78, 5) is 14.3. The van der Waals surface area contributed by atoms with Gasteiger partial charge in [0.1, 0.15) is 5.75 Å². The maximum absolute atomic E-state index is 12.3. The average molecular weight is 369 g/mol. The number of likely N-dealkylation sites (tertiary alicyclic amines) is 1. The number of halogens is 1. The fraction of sp³-hybridized carbons (Fsp3) is 0.588. The fourth-order valence-corrected chi connectivity index (χ4v) is 3.54. The Balaban J connectivity index is 1.82. The SMILES string of the molecule is COc1ccc(CCC(=O)N2CCC(C(C)N)CC2)cc1Br. The Bertz CT molecular complexity index is 511. The predicted molar refractivity (Wildman–Crippen MR) is 92.0 cm³/mol. The van der Waals surface area contributed by atoms with Crippen LogP contribution in [0.1, 0.15) is 31.7 Å². The standard InChI is InChI=1S/C17H25BrN2O2/c1-12(19)14-7-9-20(10-8-14)17(21)6-4-13-3-5-16(22-2)15(18)11-13/h3,5,11-12,14H,4,6-10,19H2,1-2H3. The monoisotopic (exact) mass is 368 g/mol. The molecule has 2 rings (SSSR count). The normalized spacial score (nSPS) is 17.4. The number of carbonyl (C=O) groups excluding carboxylic acids is 1. The van der Waals surface area contributed by atoms with E-state index in [0.717, 1.165) is 48.1 Å². The Morgan fingerprint density at radius 2 is 2.14 bits per heavy atom. The smallest absolute Gasteiger partial charge is 0.222 e. The van der Waals surface area contributed by atoms with Crippen molar-refractivity contribution < 1.29 is 9.53 Å². The minimum absolute atomic E-state index is 0.230. The van der Waals surface area contributed by atoms with Crippen LogP contribution in [0.4, 0.5) is 0 Å². The van der Waals surface area contributed by atoms with E-state index >= 15 is 0 Å². The first-order chi connectivity index (χ1) is 10.5. The number of nitrogens with two attached hydrogens (primary N) is 1. The lowest BCUT2D eigenvalue weighted by molar-refractivity contribution is -0.132. The van der Waals surface area contributed by atoms with Crippen LogP contribution in [0.5, 0.6) is 5.75 Å². The Kier molecular flexibility index (Phi) is 6.26. The maximum atomic E-state index is 12.3. The summed E-state index contributed by atoms with van der Waals surface area (Å²) in [6.45, 7) is 3.75. The quantitative estimate of drug-likeness (QED) is 0.868. The minimum Gasteiger partial charge on any atom is -0.496 e. The lowest BCUT2D eigenvalue weighted by atomic mass is 9.91. The Labute approximate surface area is 141 Å². The molecule has 0 spiro atoms. The van der Waals surface area contributed by atoms with Gasteiger partial charge in [-0.2, -0.15) is 0 Å². The number of nitrogens with zero attached hydrogens (tertiary/aromatic N) is 1. The fourth-order valence-electron chi connectivity index (χ4n) is 2.95. The summed E-state index contributed by atoms with van der Waals surface area (Å²) in [5.41, 5.74) is 7.09. The number of piperidine rings is 1. The number of hydrogen-bond acceptors (Lipinski definition) is 3. The zero-order chi connectivity index (χ0) is 16.1. The lowest BCUT2D eigenvalue weighted by Crippen LogP contribution is -2.42. The lowest BCUT2D eigenvalue weighted by Gasteiger charge is -2.33. The molecule has 1 heterocycles. The molecule has 1 saturated heterocycles. The molecule has 0 radical (unpaired) electrons. The molecule has 0 bridgehead atoms. The van der Waals surface area contributed by atoms with Crippen molar-refractivity contribution in [2.75, 3.05) is 20.2 Å². The van der Waals surface area contributed by atoms with Crippen LogP contribution in [0.3, 0.4) is 0 Å². The summed E-state index contributed by atoms with van der Waals surface area (Å²) < 4.78 is 6.15. The van der Waals surface area contributed by atoms with Gasteiger partial charge in [0.25, 0.3) is 0 Å². The molecule has 2 N–H and O–H groups in total. The van der Waals surface area contributed by atoms with Crippen LogP contribution >= 0.6 is 15.9 Å². The van der Waals surface area contributed by atoms with Crippen LogP contribution in [0.25, 0.3) is 0 Å². The van der Waals surface area contributed by atoms with Crippen LogP contribution in [0.2, 0.25) is 0 Å². The average Bonchev–Trinajstić information content (AvgIpc) is 2.52. The van der Waals surface area contributed by atoms with Crippen molar-refractivity contribution in [1.29, 1.82) is 0 Å². The van der Waals surface area contributed by atoms with E-state index in [0.29, 0.717) is 12.3 Å². The van der Waals surface area contributed by atoms with Crippen LogP contribution < -0.4 is 10.5 Å². The first-order valence-corrected chi connectivity index (χ1v) is 8.66. The zero-order valence-corrected chi connectivity index (χ0v) is 14.9. The van der Waals surface area contributed by atoms with Crippen molar-refractivity contribution in [3.63, 3.8) is 0 Å². The molecule has 1 aliphatic heterocycles. The molecule has 1 fully saturated rings. The number of hydrogen-bond donors (Lipinski definition) is 1. The molecule has 122 valence electrons. The Hall–Kier alpha value is -1.07. The summed E-state index contributed by atoms with van der Waals surface area (Å²) in [7, 11) is 1.65. The van der Waals surface area contributed by atoms with E-state index in [1.807, 2.05) is 23.1 Å². The summed E-state index contributed by atoms with van der Waals surface area (Å²) in [5.74, 6) is 1.62. The van der Waals surface area contributed by atoms with Gasteiger partial charge in [0.2, 0.25) is 5.91 Å². The van der Waals surface area contributed by atoms with Gasteiger partial charge < -0.3 is 15.4 Å². The highest BCUT2D eigenvalue weighted by molar-refractivity contribution is 9.10. The van der Waals surface area contributed by atoms with Gasteiger partial charge in [0.05, 0.1) is 11.6 Å². The molecule has 1 aromatic carbocycles. The first-order valence-electron chi connectivity index (χ1n) is 7.87. The van der Waals surface area contributed by atoms with E-state index in [1.54, 1.807) is 7.11 Å². The Morgan fingerprint density at radius 3 is 2.68 bits per heavy atom. The van der Waals surface area contributed by atoms with E-state index in [1.165, 1.54) is 0 Å². The minimum atomic E-state index is 0.230. The highest BCUT2D eigenvalue weighted by atomic mass is 79.9. The molecule has 1 unspecified atom stereocenters. The number of benzene rings is 1. The highest BCUT2D eigenvalue weighted by Crippen LogP contribution is 2.26. The van der Waals surface area contributed by atoms with Crippen LogP contribution in [0, 0.1) is 5.92 Å². The molecular formula is C17H25BrN2O2. The van der Waals surface area contributed by atoms with E-state index in [2.05, 4.69) is 22.9 Å². The van der Waals surface area contributed by atoms with E-state index in [9.17, 15) is 4.79 Å². The number of amides is 1. The van der Waals surface area contributed by atoms with Crippen molar-refractivity contribution in [2.24, 2.45) is 11.7 Å². The van der Waals surface area contributed by atoms with Crippen molar-refractivity contribution in [3.05, 3.63) is 28.2 Å². The van der Waals surface area contributed by atoms with Gasteiger partial charge in [-0.3, -0.25) is 4.79 Å². The molecule has 4 nitrogen and oxygen atoms in total. The van der Waals surface area contributed by atoms with E-state index in [4.69, 9.17) is 10.5 Å². The van der Waals surface area contributed by atoms with Gasteiger partial charge in [-0.25, -0.2) is 0 Å². The van der Waals surface area contributed by atoms with Crippen LogP contribution in [0.15, 0.2) is 22.7 Å². The summed E-state index contributed by atoms with van der Waals surface area (Å²) >= 11 is 3.48. The molecule has 22 heavy (non-hydrogen) atoms. The van der Waals surface area contributed by atoms with Gasteiger partial charge in [0, 0.05) is 25.6 Å². The summed E-state index contributed by atoms with van der Waals surface area (Å²) in [5, 5.41) is 0. The molecule has 5 heteroatoms. The third-order valence-corrected chi connectivity index (χ3v) is 5.10. The van der Waals surface area contributed by atoms with E-state index in [-0.39, 0.29) is 11.9 Å². The van der Waals surface area contributed by atoms with Crippen molar-refractivity contribution in [3.8, 4) is 5.75 Å². The molecule has 1 aromatic rings. The second-order valence-corrected chi connectivity index (χ2v) is 6.90. The maximum Gasteiger partial charge on any atom is 0.222 e. The van der Waals surface area contributed by atoms with Gasteiger partial charge in [-0.15, -0.1) is 0 Å². The van der Waals surface area contributed by atoms with Crippen molar-refractivity contribution >= 4 is 21.8 Å². The predicted octanol–water partition coefficient (Wildman–Crippen LogP) is 2.98. The third-order valence-electron chi connectivity index (χ3n) is 4.48. The second-order valence-electron chi connectivity index (χ2n) is 6.05. The summed E-state index contributed by atoms with van der Waals surface area (Å²) in [6, 6.07) is 6.19. The largest absolute Gasteiger partial charge is 0.496 e. The molecule has 1 atom stereocenters. The molecule has 0 aliphatic carbocycles. The number of ether oxygens (including phenoxy) is 1. The Morgan fingerprint density at radius 1 is 1.45 bits per heavy atom. The summed E-state index contributed by atoms with van der Waals surface area (Å²) in [6.07, 6.45) is 3.37. The molecule has 1 amide bonds. The van der Waals surface area contributed by atoms with Gasteiger partial charge in [0.15, 0.2) is 0 Å². The molecule has 0 aromatic heterocycles. The number of methoxy groups -OCH3 is 1. The van der Waals surface area contributed by atoms with Gasteiger partial charge >= 0.3 is 0 Å². The highest BCUT2D eigenvalue weighted by Gasteiger charge is 2.24. The molecule has 1 aliphatic rings. The topological polar surface area (TPSA) is 55.6 Å². The number of carbonyl (C=O) groups is 1. The number of aryl methyl sites for hydroxylation is 1. The van der Waals surface area contributed by atoms with E-state index < -0.39 is 0 Å². The van der Waals surface area contributed by atoms with Gasteiger partial charge in [-0.1, -0.05) is 6.07 Å². The van der Waals surface area contributed by atoms with Crippen LogP contribution in [-0.2, 0) is 11.2 Å². The first kappa shape index (κ1) is 17.3. The molecular weight excluding hydrogens is 344 g/mol. The number of rotatable bonds is 5. The third kappa shape index (κ3) is 4.46. The molecule has 0 saturated carbocycles. The van der Waals surface area contributed by atoms with Crippen LogP contribution in [-0.4, -0.2) is 37.0 Å².